The van der Waals surface area contributed by atoms with Crippen LogP contribution < -0.4 is 9.80 Å². The highest BCUT2D eigenvalue weighted by molar-refractivity contribution is 6.30. The maximum Gasteiger partial charge on any atom is 0.0543 e. The van der Waals surface area contributed by atoms with Crippen molar-refractivity contribution in [3.8, 4) is 0 Å². The van der Waals surface area contributed by atoms with Gasteiger partial charge in [0.25, 0.3) is 0 Å². The molecule has 0 N–H and O–H groups in total. The highest BCUT2D eigenvalue weighted by atomic mass is 15.2. The molecule has 1 aliphatic rings. The minimum atomic E-state index is 0.0186. The maximum atomic E-state index is 2.60. The van der Waals surface area contributed by atoms with Gasteiger partial charge in [0.05, 0.1) is 22.7 Å². The quantitative estimate of drug-likeness (QED) is 0.142. The molecule has 0 bridgehead atoms. The number of rotatable bonds is 8. The summed E-state index contributed by atoms with van der Waals surface area (Å²) in [6.07, 6.45) is 2.16. The Kier molecular flexibility index (Phi) is 9.19. The van der Waals surface area contributed by atoms with Crippen LogP contribution in [0.1, 0.15) is 110 Å². The summed E-state index contributed by atoms with van der Waals surface area (Å²) in [6, 6.07) is 44.6. The number of para-hydroxylation sites is 2. The van der Waals surface area contributed by atoms with E-state index in [9.17, 15) is 0 Å². The molecule has 0 radical (unpaired) electrons. The maximum absolute atomic E-state index is 2.60. The Hall–Kier alpha value is -5.60. The van der Waals surface area contributed by atoms with Crippen molar-refractivity contribution in [2.45, 2.75) is 106 Å². The number of benzene rings is 8. The van der Waals surface area contributed by atoms with Gasteiger partial charge in [-0.15, -0.1) is 0 Å². The molecule has 9 rings (SSSR count). The molecule has 1 aliphatic carbocycles. The first-order valence-corrected chi connectivity index (χ1v) is 21.5. The Balaban J connectivity index is 1.43. The van der Waals surface area contributed by atoms with Gasteiger partial charge in [-0.1, -0.05) is 114 Å². The topological polar surface area (TPSA) is 6.48 Å². The van der Waals surface area contributed by atoms with Gasteiger partial charge in [-0.3, -0.25) is 0 Å². The molecular formula is C56H58N2. The average molecular weight is 759 g/mol. The van der Waals surface area contributed by atoms with Crippen LogP contribution in [0.15, 0.2) is 115 Å². The van der Waals surface area contributed by atoms with E-state index in [0.717, 1.165) is 12.8 Å². The van der Waals surface area contributed by atoms with Gasteiger partial charge < -0.3 is 9.80 Å². The Labute approximate surface area is 346 Å². The predicted octanol–water partition coefficient (Wildman–Crippen LogP) is 16.5. The fourth-order valence-electron chi connectivity index (χ4n) is 10.1. The van der Waals surface area contributed by atoms with Gasteiger partial charge in [-0.2, -0.15) is 0 Å². The van der Waals surface area contributed by atoms with Gasteiger partial charge in [0.15, 0.2) is 0 Å². The molecule has 292 valence electrons. The summed E-state index contributed by atoms with van der Waals surface area (Å²) in [5, 5.41) is 8.20. The van der Waals surface area contributed by atoms with Crippen LogP contribution in [0.25, 0.3) is 32.3 Å². The number of anilines is 6. The average Bonchev–Trinajstić information content (AvgIpc) is 3.19. The molecule has 8 aromatic carbocycles. The lowest BCUT2D eigenvalue weighted by molar-refractivity contribution is 0.475. The lowest BCUT2D eigenvalue weighted by atomic mass is 9.70. The molecule has 58 heavy (non-hydrogen) atoms. The second-order valence-electron chi connectivity index (χ2n) is 18.6. The zero-order valence-corrected chi connectivity index (χ0v) is 36.4. The van der Waals surface area contributed by atoms with E-state index >= 15 is 0 Å². The minimum Gasteiger partial charge on any atom is -0.309 e. The van der Waals surface area contributed by atoms with E-state index in [1.165, 1.54) is 117 Å². The summed E-state index contributed by atoms with van der Waals surface area (Å²) >= 11 is 0. The van der Waals surface area contributed by atoms with Crippen LogP contribution >= 0.6 is 0 Å². The monoisotopic (exact) mass is 758 g/mol. The first kappa shape index (κ1) is 37.9. The minimum absolute atomic E-state index is 0.0186. The van der Waals surface area contributed by atoms with E-state index in [2.05, 4.69) is 201 Å². The summed E-state index contributed by atoms with van der Waals surface area (Å²) in [4.78, 5) is 5.14. The zero-order valence-electron chi connectivity index (χ0n) is 36.4. The third kappa shape index (κ3) is 5.98. The van der Waals surface area contributed by atoms with Crippen LogP contribution in [-0.2, 0) is 11.8 Å². The molecule has 8 aromatic rings. The standard InChI is InChI=1S/C56H58N2/c1-33(2)40-18-22-43(23-19-40)57(54-35(5)14-12-15-36(54)6)49-30-39(9)45-26-27-46-50(31-42-28-29-56(10,11)48-32-47(49)52(45)53(46)51(42)48)58(55-37(7)16-13-17-38(55)8)44-24-20-41(21-25-44)34(3)4/h12-27,30-34H,28-29H2,1-11H3. The van der Waals surface area contributed by atoms with Gasteiger partial charge in [-0.05, 0) is 173 Å². The smallest absolute Gasteiger partial charge is 0.0543 e. The van der Waals surface area contributed by atoms with Crippen molar-refractivity contribution < 1.29 is 0 Å². The van der Waals surface area contributed by atoms with Gasteiger partial charge in [-0.25, -0.2) is 0 Å². The van der Waals surface area contributed by atoms with E-state index in [4.69, 9.17) is 0 Å². The molecule has 0 unspecified atom stereocenters. The molecule has 0 aliphatic heterocycles. The number of hydrogen-bond acceptors (Lipinski definition) is 2. The molecular weight excluding hydrogens is 701 g/mol. The van der Waals surface area contributed by atoms with E-state index in [0.29, 0.717) is 11.8 Å². The highest BCUT2D eigenvalue weighted by Gasteiger charge is 2.34. The summed E-state index contributed by atoms with van der Waals surface area (Å²) in [7, 11) is 0. The van der Waals surface area contributed by atoms with E-state index < -0.39 is 0 Å². The second-order valence-corrected chi connectivity index (χ2v) is 18.6. The Morgan fingerprint density at radius 1 is 0.466 bits per heavy atom. The molecule has 0 saturated carbocycles. The molecule has 0 aromatic heterocycles. The van der Waals surface area contributed by atoms with E-state index in [1.54, 1.807) is 0 Å². The molecule has 0 spiro atoms. The van der Waals surface area contributed by atoms with Crippen LogP contribution in [0.5, 0.6) is 0 Å². The molecule has 2 heteroatoms. The summed E-state index contributed by atoms with van der Waals surface area (Å²) in [5.41, 5.74) is 19.5. The molecule has 0 saturated heterocycles. The van der Waals surface area contributed by atoms with Crippen LogP contribution in [0.2, 0.25) is 0 Å². The van der Waals surface area contributed by atoms with Crippen molar-refractivity contribution in [3.63, 3.8) is 0 Å². The zero-order chi connectivity index (χ0) is 40.8. The number of aryl methyl sites for hydroxylation is 6. The number of nitrogens with zero attached hydrogens (tertiary/aromatic N) is 2. The van der Waals surface area contributed by atoms with Crippen LogP contribution in [0.4, 0.5) is 34.1 Å². The highest BCUT2D eigenvalue weighted by Crippen LogP contribution is 2.54. The van der Waals surface area contributed by atoms with Gasteiger partial charge in [0.1, 0.15) is 0 Å². The van der Waals surface area contributed by atoms with Crippen molar-refractivity contribution in [3.05, 3.63) is 165 Å². The number of hydrogen-bond donors (Lipinski definition) is 0. The van der Waals surface area contributed by atoms with Crippen LogP contribution in [0, 0.1) is 34.6 Å². The fourth-order valence-corrected chi connectivity index (χ4v) is 10.1. The molecule has 0 atom stereocenters. The third-order valence-corrected chi connectivity index (χ3v) is 13.4. The molecule has 2 nitrogen and oxygen atoms in total. The van der Waals surface area contributed by atoms with Crippen molar-refractivity contribution in [1.82, 2.24) is 0 Å². The normalized spacial score (nSPS) is 13.7. The summed E-state index contributed by atoms with van der Waals surface area (Å²) < 4.78 is 0. The van der Waals surface area contributed by atoms with Crippen molar-refractivity contribution in [1.29, 1.82) is 0 Å². The van der Waals surface area contributed by atoms with Crippen LogP contribution in [-0.4, -0.2) is 0 Å². The molecule has 0 fully saturated rings. The summed E-state index contributed by atoms with van der Waals surface area (Å²) in [6.45, 7) is 25.4. The first-order chi connectivity index (χ1) is 27.7. The lowest BCUT2D eigenvalue weighted by Crippen LogP contribution is -2.24. The first-order valence-electron chi connectivity index (χ1n) is 21.5. The Morgan fingerprint density at radius 2 is 0.931 bits per heavy atom. The summed E-state index contributed by atoms with van der Waals surface area (Å²) in [5.74, 6) is 0.937. The van der Waals surface area contributed by atoms with Crippen molar-refractivity contribution in [2.75, 3.05) is 9.80 Å². The predicted molar refractivity (Wildman–Crippen MR) is 253 cm³/mol. The van der Waals surface area contributed by atoms with E-state index in [1.807, 2.05) is 0 Å². The van der Waals surface area contributed by atoms with Crippen molar-refractivity contribution >= 4 is 66.4 Å². The van der Waals surface area contributed by atoms with Gasteiger partial charge in [0, 0.05) is 27.5 Å². The largest absolute Gasteiger partial charge is 0.309 e. The third-order valence-electron chi connectivity index (χ3n) is 13.4. The van der Waals surface area contributed by atoms with Crippen molar-refractivity contribution in [2.24, 2.45) is 0 Å². The SMILES string of the molecule is Cc1cccc(C)c1N(c1ccc(C(C)C)cc1)c1cc(C)c2ccc3c(N(c4ccc(C(C)C)cc4)c4c(C)cccc4C)cc4c5c(cc1c2c35)C(C)(C)CC4. The molecule has 0 heterocycles. The second kappa shape index (κ2) is 14.0. The van der Waals surface area contributed by atoms with E-state index in [-0.39, 0.29) is 5.41 Å². The Morgan fingerprint density at radius 3 is 1.41 bits per heavy atom. The van der Waals surface area contributed by atoms with Gasteiger partial charge in [0.2, 0.25) is 0 Å². The Bertz CT molecular complexity index is 2810. The fraction of sp³-hybridized carbons (Fsp3) is 0.286. The van der Waals surface area contributed by atoms with Gasteiger partial charge >= 0.3 is 0 Å². The van der Waals surface area contributed by atoms with Crippen LogP contribution in [0.3, 0.4) is 0 Å². The lowest BCUT2D eigenvalue weighted by Gasteiger charge is -2.37. The molecule has 0 amide bonds.